The quantitative estimate of drug-likeness (QED) is 0.566. The highest BCUT2D eigenvalue weighted by Gasteiger charge is 2.07. The van der Waals surface area contributed by atoms with Crippen molar-refractivity contribution in [2.75, 3.05) is 5.73 Å². The molecule has 0 unspecified atom stereocenters. The van der Waals surface area contributed by atoms with Gasteiger partial charge < -0.3 is 5.73 Å². The predicted octanol–water partition coefficient (Wildman–Crippen LogP) is 3.38. The average molecular weight is 307 g/mol. The molecule has 0 spiro atoms. The van der Waals surface area contributed by atoms with Gasteiger partial charge in [0.15, 0.2) is 0 Å². The van der Waals surface area contributed by atoms with Crippen molar-refractivity contribution in [2.45, 2.75) is 4.90 Å². The van der Waals surface area contributed by atoms with Gasteiger partial charge in [0.1, 0.15) is 5.00 Å². The van der Waals surface area contributed by atoms with E-state index < -0.39 is 0 Å². The molecular formula is C8H6INS2. The first-order valence-corrected chi connectivity index (χ1v) is 5.70. The van der Waals surface area contributed by atoms with E-state index in [2.05, 4.69) is 41.3 Å². The average Bonchev–Trinajstić information content (AvgIpc) is 2.32. The zero-order valence-electron chi connectivity index (χ0n) is 6.04. The van der Waals surface area contributed by atoms with Crippen LogP contribution >= 0.6 is 46.6 Å². The molecule has 0 saturated heterocycles. The van der Waals surface area contributed by atoms with Gasteiger partial charge in [-0.2, -0.15) is 0 Å². The summed E-state index contributed by atoms with van der Waals surface area (Å²) in [7, 11) is 0. The lowest BCUT2D eigenvalue weighted by Gasteiger charge is -1.92. The number of thiol groups is 1. The van der Waals surface area contributed by atoms with Crippen LogP contribution in [0.2, 0.25) is 0 Å². The molecular weight excluding hydrogens is 301 g/mol. The van der Waals surface area contributed by atoms with E-state index in [-0.39, 0.29) is 0 Å². The Morgan fingerprint density at radius 1 is 1.42 bits per heavy atom. The van der Waals surface area contributed by atoms with E-state index in [0.717, 1.165) is 13.5 Å². The van der Waals surface area contributed by atoms with Crippen LogP contribution in [0.4, 0.5) is 5.00 Å². The van der Waals surface area contributed by atoms with Crippen molar-refractivity contribution in [1.29, 1.82) is 0 Å². The second kappa shape index (κ2) is 3.08. The largest absolute Gasteiger partial charge is 0.390 e. The van der Waals surface area contributed by atoms with E-state index in [1.54, 1.807) is 11.3 Å². The van der Waals surface area contributed by atoms with Gasteiger partial charge >= 0.3 is 0 Å². The molecule has 0 fully saturated rings. The van der Waals surface area contributed by atoms with Gasteiger partial charge in [0.05, 0.1) is 8.27 Å². The Morgan fingerprint density at radius 3 is 2.83 bits per heavy atom. The van der Waals surface area contributed by atoms with Gasteiger partial charge in [0.25, 0.3) is 0 Å². The summed E-state index contributed by atoms with van der Waals surface area (Å²) in [6.07, 6.45) is 0. The molecule has 0 bridgehead atoms. The zero-order valence-corrected chi connectivity index (χ0v) is 9.91. The smallest absolute Gasteiger partial charge is 0.100 e. The third kappa shape index (κ3) is 1.22. The monoisotopic (exact) mass is 307 g/mol. The van der Waals surface area contributed by atoms with Crippen LogP contribution in [0.1, 0.15) is 0 Å². The molecule has 0 aliphatic carbocycles. The van der Waals surface area contributed by atoms with E-state index in [0.29, 0.717) is 0 Å². The Labute approximate surface area is 93.5 Å². The Balaban J connectivity index is 2.95. The number of anilines is 1. The third-order valence-corrected chi connectivity index (χ3v) is 4.78. The minimum Gasteiger partial charge on any atom is -0.390 e. The topological polar surface area (TPSA) is 26.0 Å². The fraction of sp³-hybridized carbons (Fsp3) is 0. The molecule has 1 nitrogen and oxygen atoms in total. The summed E-state index contributed by atoms with van der Waals surface area (Å²) < 4.78 is 2.33. The lowest BCUT2D eigenvalue weighted by molar-refractivity contribution is 1.61. The first-order chi connectivity index (χ1) is 5.70. The van der Waals surface area contributed by atoms with Crippen molar-refractivity contribution < 1.29 is 0 Å². The Morgan fingerprint density at radius 2 is 2.17 bits per heavy atom. The van der Waals surface area contributed by atoms with Crippen LogP contribution in [-0.2, 0) is 0 Å². The van der Waals surface area contributed by atoms with E-state index in [1.165, 1.54) is 10.1 Å². The summed E-state index contributed by atoms with van der Waals surface area (Å²) >= 11 is 8.23. The second-order valence-corrected chi connectivity index (χ2v) is 5.05. The molecule has 2 aromatic rings. The van der Waals surface area contributed by atoms with Crippen LogP contribution < -0.4 is 5.73 Å². The molecule has 0 saturated carbocycles. The fourth-order valence-electron chi connectivity index (χ4n) is 1.09. The highest BCUT2D eigenvalue weighted by molar-refractivity contribution is 14.1. The molecule has 2 rings (SSSR count). The number of thiophene rings is 1. The van der Waals surface area contributed by atoms with E-state index >= 15 is 0 Å². The number of rotatable bonds is 0. The van der Waals surface area contributed by atoms with Crippen molar-refractivity contribution in [1.82, 2.24) is 0 Å². The molecule has 12 heavy (non-hydrogen) atoms. The normalized spacial score (nSPS) is 10.8. The first-order valence-electron chi connectivity index (χ1n) is 3.35. The molecule has 0 aliphatic heterocycles. The van der Waals surface area contributed by atoms with Crippen molar-refractivity contribution in [3.05, 3.63) is 21.8 Å². The number of benzene rings is 1. The van der Waals surface area contributed by atoms with Gasteiger partial charge in [-0.3, -0.25) is 0 Å². The molecule has 0 aliphatic rings. The maximum atomic E-state index is 5.80. The van der Waals surface area contributed by atoms with Gasteiger partial charge in [-0.1, -0.05) is 12.1 Å². The lowest BCUT2D eigenvalue weighted by atomic mass is 10.3. The SMILES string of the molecule is Nc1sc2c(S)cccc2c1I. The van der Waals surface area contributed by atoms with Crippen LogP contribution in [0.5, 0.6) is 0 Å². The second-order valence-electron chi connectivity index (χ2n) is 2.43. The van der Waals surface area contributed by atoms with Gasteiger partial charge in [0.2, 0.25) is 0 Å². The van der Waals surface area contributed by atoms with Crippen LogP contribution in [0.15, 0.2) is 23.1 Å². The number of hydrogen-bond donors (Lipinski definition) is 2. The first kappa shape index (κ1) is 8.65. The standard InChI is InChI=1S/C8H6INS2/c9-6-4-2-1-3-5(11)7(4)12-8(6)10/h1-3,11H,10H2. The van der Waals surface area contributed by atoms with E-state index in [4.69, 9.17) is 5.73 Å². The highest BCUT2D eigenvalue weighted by atomic mass is 127. The third-order valence-electron chi connectivity index (χ3n) is 1.66. The number of nitrogens with two attached hydrogens (primary N) is 1. The summed E-state index contributed by atoms with van der Waals surface area (Å²) in [6, 6.07) is 6.06. The molecule has 1 aromatic heterocycles. The Bertz CT molecular complexity index is 436. The van der Waals surface area contributed by atoms with Crippen molar-refractivity contribution >= 4 is 61.6 Å². The summed E-state index contributed by atoms with van der Waals surface area (Å²) in [5.41, 5.74) is 5.80. The van der Waals surface area contributed by atoms with Crippen LogP contribution in [-0.4, -0.2) is 0 Å². The molecule has 1 aromatic carbocycles. The maximum absolute atomic E-state index is 5.80. The van der Waals surface area contributed by atoms with Crippen molar-refractivity contribution in [2.24, 2.45) is 0 Å². The number of hydrogen-bond acceptors (Lipinski definition) is 3. The van der Waals surface area contributed by atoms with Crippen molar-refractivity contribution in [3.8, 4) is 0 Å². The molecule has 4 heteroatoms. The molecule has 0 amide bonds. The summed E-state index contributed by atoms with van der Waals surface area (Å²) in [5.74, 6) is 0. The molecule has 62 valence electrons. The molecule has 0 radical (unpaired) electrons. The van der Waals surface area contributed by atoms with Gasteiger partial charge in [-0.05, 0) is 28.7 Å². The number of nitrogen functional groups attached to an aromatic ring is 1. The summed E-state index contributed by atoms with van der Waals surface area (Å²) in [6.45, 7) is 0. The number of halogens is 1. The molecule has 1 heterocycles. The van der Waals surface area contributed by atoms with E-state index in [1.807, 2.05) is 12.1 Å². The lowest BCUT2D eigenvalue weighted by Crippen LogP contribution is -1.79. The minimum absolute atomic E-state index is 0.882. The Kier molecular flexibility index (Phi) is 2.22. The summed E-state index contributed by atoms with van der Waals surface area (Å²) in [4.78, 5) is 1.01. The van der Waals surface area contributed by atoms with Gasteiger partial charge in [-0.25, -0.2) is 0 Å². The summed E-state index contributed by atoms with van der Waals surface area (Å²) in [5, 5.41) is 2.10. The predicted molar refractivity (Wildman–Crippen MR) is 66.2 cm³/mol. The van der Waals surface area contributed by atoms with Crippen LogP contribution in [0, 0.1) is 3.57 Å². The van der Waals surface area contributed by atoms with E-state index in [9.17, 15) is 0 Å². The van der Waals surface area contributed by atoms with Gasteiger partial charge in [-0.15, -0.1) is 24.0 Å². The maximum Gasteiger partial charge on any atom is 0.100 e. The van der Waals surface area contributed by atoms with Gasteiger partial charge in [0, 0.05) is 10.3 Å². The minimum atomic E-state index is 0.882. The fourth-order valence-corrected chi connectivity index (χ4v) is 3.27. The Hall–Kier alpha value is 0.0600. The molecule has 0 atom stereocenters. The number of fused-ring (bicyclic) bond motifs is 1. The van der Waals surface area contributed by atoms with Crippen LogP contribution in [0.3, 0.4) is 0 Å². The van der Waals surface area contributed by atoms with Crippen molar-refractivity contribution in [3.63, 3.8) is 0 Å². The zero-order chi connectivity index (χ0) is 8.72. The van der Waals surface area contributed by atoms with Crippen LogP contribution in [0.25, 0.3) is 10.1 Å². The highest BCUT2D eigenvalue weighted by Crippen LogP contribution is 2.37. The molecule has 2 N–H and O–H groups in total.